The number of fused-ring (bicyclic) bond motifs is 2. The number of amides is 2. The van der Waals surface area contributed by atoms with Gasteiger partial charge in [-0.1, -0.05) is 25.4 Å². The molecule has 2 saturated heterocycles. The van der Waals surface area contributed by atoms with Gasteiger partial charge in [-0.25, -0.2) is 4.39 Å². The monoisotopic (exact) mass is 1170 g/mol. The van der Waals surface area contributed by atoms with E-state index in [4.69, 9.17) is 30.5 Å². The third-order valence-electron chi connectivity index (χ3n) is 16.4. The summed E-state index contributed by atoms with van der Waals surface area (Å²) in [6.45, 7) is 16.2. The van der Waals surface area contributed by atoms with Gasteiger partial charge in [0, 0.05) is 90.6 Å². The van der Waals surface area contributed by atoms with Gasteiger partial charge in [0.2, 0.25) is 11.8 Å². The predicted molar refractivity (Wildman–Crippen MR) is 333 cm³/mol. The van der Waals surface area contributed by atoms with E-state index in [0.717, 1.165) is 103 Å². The molecule has 9 atom stereocenters. The Labute approximate surface area is 501 Å². The highest BCUT2D eigenvalue weighted by atomic mass is 35.5. The van der Waals surface area contributed by atoms with E-state index >= 15 is 0 Å². The van der Waals surface area contributed by atoms with Gasteiger partial charge in [0.1, 0.15) is 36.2 Å². The van der Waals surface area contributed by atoms with Crippen LogP contribution in [0.4, 0.5) is 38.5 Å². The zero-order valence-corrected chi connectivity index (χ0v) is 51.1. The highest BCUT2D eigenvalue weighted by Gasteiger charge is 2.35. The standard InChI is InChI=1S/C64H88ClFN12O6/c1-9-42-25-47(74-63-44(32-68)35-71-52-30-58(82-11-3)54(28-49(52)63)75-60(79)17-13-21-77(6)7)24-40(5)64(42)84-38-55-39(4)23-41(33-69-55)36-78(8)22-14-18-61(80)76-53-27-48-51(29-57(53)81-10-2)70-34-43(31-67)62(48)73-45-19-20-56(50(65)26-45)83-37-46-15-12-16-59(66)72-46/h19-20,24-30,39,41,43-44,46,55,59,62-63,69-74H,9-18,21-23,33-38H2,1-8H3,(H,75,79)(H,76,80). The number of carbonyl (C=O) groups is 2. The SMILES string of the molecule is CCOc1cc2c(cc1NC(=O)CCCN(C)C)C(Nc1cc(C)c(OCC3NCC(CN(C)CCCC(=O)Nc4cc5c(cc4OCC)NCC(C#N)C5Nc4ccc(OCC5CCCC(F)N5)c(Cl)c4)CC3C)c(CC)c1)C(C#N)CN2. The van der Waals surface area contributed by atoms with E-state index in [2.05, 4.69) is 104 Å². The van der Waals surface area contributed by atoms with Gasteiger partial charge in [-0.3, -0.25) is 14.9 Å². The molecule has 4 aromatic rings. The Morgan fingerprint density at radius 3 is 1.93 bits per heavy atom. The van der Waals surface area contributed by atoms with Crippen LogP contribution in [0.15, 0.2) is 54.6 Å². The van der Waals surface area contributed by atoms with E-state index in [1.54, 1.807) is 12.1 Å². The van der Waals surface area contributed by atoms with Crippen LogP contribution < -0.4 is 61.5 Å². The molecule has 4 aromatic carbocycles. The molecule has 4 aliphatic heterocycles. The molecule has 84 heavy (non-hydrogen) atoms. The van der Waals surface area contributed by atoms with Crippen molar-refractivity contribution in [3.8, 4) is 35.1 Å². The molecule has 454 valence electrons. The van der Waals surface area contributed by atoms with Crippen molar-refractivity contribution in [2.75, 3.05) is 119 Å². The first-order chi connectivity index (χ1) is 40.6. The summed E-state index contributed by atoms with van der Waals surface area (Å²) < 4.78 is 38.6. The van der Waals surface area contributed by atoms with E-state index < -0.39 is 18.3 Å². The zero-order valence-electron chi connectivity index (χ0n) is 50.3. The molecular formula is C64H88ClFN12O6. The number of anilines is 6. The molecule has 18 nitrogen and oxygen atoms in total. The summed E-state index contributed by atoms with van der Waals surface area (Å²) in [5.41, 5.74) is 8.22. The van der Waals surface area contributed by atoms with Crippen LogP contribution in [0.1, 0.15) is 113 Å². The minimum atomic E-state index is -1.03. The number of piperidine rings is 2. The Morgan fingerprint density at radius 1 is 0.750 bits per heavy atom. The van der Waals surface area contributed by atoms with Crippen molar-refractivity contribution in [2.24, 2.45) is 23.7 Å². The number of benzene rings is 4. The van der Waals surface area contributed by atoms with Crippen LogP contribution in [-0.4, -0.2) is 127 Å². The smallest absolute Gasteiger partial charge is 0.224 e. The third-order valence-corrected chi connectivity index (χ3v) is 16.7. The third kappa shape index (κ3) is 16.8. The van der Waals surface area contributed by atoms with Crippen LogP contribution in [0.25, 0.3) is 0 Å². The summed E-state index contributed by atoms with van der Waals surface area (Å²) in [6.07, 6.45) is 5.04. The molecule has 4 aliphatic rings. The van der Waals surface area contributed by atoms with Gasteiger partial charge in [-0.2, -0.15) is 10.5 Å². The number of hydrogen-bond acceptors (Lipinski definition) is 16. The lowest BCUT2D eigenvalue weighted by molar-refractivity contribution is -0.117. The lowest BCUT2D eigenvalue weighted by Crippen LogP contribution is -2.49. The van der Waals surface area contributed by atoms with Crippen LogP contribution in [0, 0.1) is 53.3 Å². The first-order valence-electron chi connectivity index (χ1n) is 30.2. The van der Waals surface area contributed by atoms with E-state index in [-0.39, 0.29) is 35.9 Å². The molecule has 0 spiro atoms. The number of ether oxygens (including phenoxy) is 4. The number of halogens is 2. The fourth-order valence-corrected chi connectivity index (χ4v) is 12.3. The van der Waals surface area contributed by atoms with Gasteiger partial charge in [0.25, 0.3) is 0 Å². The average molecular weight is 1180 g/mol. The number of hydrogen-bond donors (Lipinski definition) is 8. The van der Waals surface area contributed by atoms with Crippen LogP contribution in [0.2, 0.25) is 5.02 Å². The van der Waals surface area contributed by atoms with Crippen LogP contribution in [0.5, 0.6) is 23.0 Å². The van der Waals surface area contributed by atoms with E-state index in [0.29, 0.717) is 116 Å². The summed E-state index contributed by atoms with van der Waals surface area (Å²) in [5.74, 6) is 2.32. The number of carbonyl (C=O) groups excluding carboxylic acids is 2. The van der Waals surface area contributed by atoms with Crippen molar-refractivity contribution in [2.45, 2.75) is 123 Å². The molecule has 2 amide bonds. The van der Waals surface area contributed by atoms with Gasteiger partial charge >= 0.3 is 0 Å². The molecule has 0 aromatic heterocycles. The summed E-state index contributed by atoms with van der Waals surface area (Å²) in [5, 5.41) is 48.1. The number of nitrogens with zero attached hydrogens (tertiary/aromatic N) is 4. The molecule has 9 unspecified atom stereocenters. The number of nitrogens with one attached hydrogen (secondary N) is 8. The van der Waals surface area contributed by atoms with Gasteiger partial charge in [0.05, 0.1) is 65.7 Å². The molecule has 0 radical (unpaired) electrons. The van der Waals surface area contributed by atoms with Crippen molar-refractivity contribution < 1.29 is 32.9 Å². The Morgan fingerprint density at radius 2 is 1.37 bits per heavy atom. The molecule has 8 N–H and O–H groups in total. The molecule has 20 heteroatoms. The minimum Gasteiger partial charge on any atom is -0.492 e. The van der Waals surface area contributed by atoms with E-state index in [1.165, 1.54) is 0 Å². The number of nitriles is 2. The molecule has 0 aliphatic carbocycles. The molecule has 0 bridgehead atoms. The van der Waals surface area contributed by atoms with Crippen molar-refractivity contribution in [3.05, 3.63) is 81.9 Å². The Hall–Kier alpha value is -6.74. The van der Waals surface area contributed by atoms with Crippen LogP contribution in [0.3, 0.4) is 0 Å². The first kappa shape index (κ1) is 63.3. The second-order valence-electron chi connectivity index (χ2n) is 23.3. The normalized spacial score (nSPS) is 22.7. The molecule has 2 fully saturated rings. The zero-order chi connectivity index (χ0) is 59.9. The molecule has 0 saturated carbocycles. The largest absolute Gasteiger partial charge is 0.492 e. The second kappa shape index (κ2) is 30.4. The fraction of sp³-hybridized carbons (Fsp3) is 0.562. The van der Waals surface area contributed by atoms with E-state index in [9.17, 15) is 24.5 Å². The average Bonchev–Trinajstić information content (AvgIpc) is 3.29. The van der Waals surface area contributed by atoms with Crippen molar-refractivity contribution in [1.29, 1.82) is 10.5 Å². The Kier molecular flexibility index (Phi) is 22.9. The molecule has 8 rings (SSSR count). The maximum atomic E-state index is 13.9. The van der Waals surface area contributed by atoms with Crippen LogP contribution in [-0.2, 0) is 16.0 Å². The van der Waals surface area contributed by atoms with Gasteiger partial charge in [0.15, 0.2) is 6.30 Å². The van der Waals surface area contributed by atoms with Crippen molar-refractivity contribution in [3.63, 3.8) is 0 Å². The number of rotatable bonds is 27. The highest BCUT2D eigenvalue weighted by Crippen LogP contribution is 2.45. The first-order valence-corrected chi connectivity index (χ1v) is 30.6. The lowest BCUT2D eigenvalue weighted by atomic mass is 9.86. The fourth-order valence-electron chi connectivity index (χ4n) is 12.1. The van der Waals surface area contributed by atoms with Crippen LogP contribution >= 0.6 is 11.6 Å². The predicted octanol–water partition coefficient (Wildman–Crippen LogP) is 10.9. The summed E-state index contributed by atoms with van der Waals surface area (Å²) >= 11 is 6.70. The summed E-state index contributed by atoms with van der Waals surface area (Å²) in [6, 6.07) is 21.6. The van der Waals surface area contributed by atoms with E-state index in [1.807, 2.05) is 58.3 Å². The number of alkyl halides is 1. The molecular weight excluding hydrogens is 1090 g/mol. The van der Waals surface area contributed by atoms with Gasteiger partial charge in [-0.15, -0.1) is 0 Å². The van der Waals surface area contributed by atoms with Crippen molar-refractivity contribution >= 4 is 57.5 Å². The highest BCUT2D eigenvalue weighted by molar-refractivity contribution is 6.32. The Bertz CT molecular complexity index is 2970. The van der Waals surface area contributed by atoms with Gasteiger partial charge < -0.3 is 66.0 Å². The minimum absolute atomic E-state index is 0.0803. The molecule has 4 heterocycles. The summed E-state index contributed by atoms with van der Waals surface area (Å²) in [4.78, 5) is 31.1. The second-order valence-corrected chi connectivity index (χ2v) is 23.7. The summed E-state index contributed by atoms with van der Waals surface area (Å²) in [7, 11) is 6.10. The van der Waals surface area contributed by atoms with Gasteiger partial charge in [-0.05, 0) is 172 Å². The maximum absolute atomic E-state index is 13.9. The topological polar surface area (TPSA) is 221 Å². The maximum Gasteiger partial charge on any atom is 0.224 e. The number of aryl methyl sites for hydroxylation is 2. The Balaban J connectivity index is 0.816. The quantitative estimate of drug-likeness (QED) is 0.0260. The lowest BCUT2D eigenvalue weighted by Gasteiger charge is -2.37. The van der Waals surface area contributed by atoms with Crippen molar-refractivity contribution in [1.82, 2.24) is 20.4 Å².